The van der Waals surface area contributed by atoms with Crippen molar-refractivity contribution in [3.8, 4) is 0 Å². The molecule has 0 aromatic carbocycles. The molecule has 0 aliphatic carbocycles. The predicted octanol–water partition coefficient (Wildman–Crippen LogP) is 1.16. The molecule has 128 valence electrons. The highest BCUT2D eigenvalue weighted by Gasteiger charge is 2.20. The van der Waals surface area contributed by atoms with Crippen molar-refractivity contribution in [1.82, 2.24) is 19.0 Å². The fourth-order valence-electron chi connectivity index (χ4n) is 3.30. The fraction of sp³-hybridized carbons (Fsp3) is 0.500. The van der Waals surface area contributed by atoms with Gasteiger partial charge in [0.15, 0.2) is 0 Å². The van der Waals surface area contributed by atoms with Gasteiger partial charge in [0.2, 0.25) is 5.56 Å². The molecule has 1 aliphatic rings. The third kappa shape index (κ3) is 3.82. The molecule has 24 heavy (non-hydrogen) atoms. The van der Waals surface area contributed by atoms with Crippen molar-refractivity contribution in [3.05, 3.63) is 62.7 Å². The van der Waals surface area contributed by atoms with E-state index < -0.39 is 0 Å². The summed E-state index contributed by atoms with van der Waals surface area (Å²) < 4.78 is 3.36. The SMILES string of the molecule is Cc1cncn(CC2CCN(Cc3ccc(=O)n(C)c3)CC2)c1=O. The summed E-state index contributed by atoms with van der Waals surface area (Å²) in [6, 6.07) is 3.53. The highest BCUT2D eigenvalue weighted by Crippen LogP contribution is 2.20. The maximum atomic E-state index is 12.1. The topological polar surface area (TPSA) is 60.1 Å². The molecule has 0 saturated carbocycles. The number of pyridine rings is 1. The van der Waals surface area contributed by atoms with Crippen molar-refractivity contribution in [2.75, 3.05) is 13.1 Å². The van der Waals surface area contributed by atoms with E-state index in [1.165, 1.54) is 0 Å². The van der Waals surface area contributed by atoms with E-state index in [9.17, 15) is 9.59 Å². The standard InChI is InChI=1S/C18H24N4O2/c1-14-9-19-13-22(18(14)24)12-15-5-7-21(8-6-15)11-16-3-4-17(23)20(2)10-16/h3-4,9-10,13,15H,5-8,11-12H2,1-2H3. The van der Waals surface area contributed by atoms with Gasteiger partial charge < -0.3 is 4.57 Å². The van der Waals surface area contributed by atoms with Crippen LogP contribution in [0.1, 0.15) is 24.0 Å². The van der Waals surface area contributed by atoms with Crippen molar-refractivity contribution < 1.29 is 0 Å². The van der Waals surface area contributed by atoms with Gasteiger partial charge in [-0.25, -0.2) is 4.98 Å². The van der Waals surface area contributed by atoms with Crippen LogP contribution in [0.15, 0.2) is 40.4 Å². The van der Waals surface area contributed by atoms with Crippen molar-refractivity contribution in [2.45, 2.75) is 32.9 Å². The lowest BCUT2D eigenvalue weighted by Gasteiger charge is -2.32. The second-order valence-corrected chi connectivity index (χ2v) is 6.74. The number of likely N-dealkylation sites (tertiary alicyclic amines) is 1. The molecule has 0 unspecified atom stereocenters. The molecule has 0 atom stereocenters. The highest BCUT2D eigenvalue weighted by molar-refractivity contribution is 5.09. The van der Waals surface area contributed by atoms with Crippen LogP contribution in [0, 0.1) is 12.8 Å². The molecule has 0 radical (unpaired) electrons. The predicted molar refractivity (Wildman–Crippen MR) is 92.9 cm³/mol. The lowest BCUT2D eigenvalue weighted by Crippen LogP contribution is -2.36. The zero-order valence-corrected chi connectivity index (χ0v) is 14.3. The smallest absolute Gasteiger partial charge is 0.256 e. The third-order valence-corrected chi connectivity index (χ3v) is 4.79. The average molecular weight is 328 g/mol. The zero-order chi connectivity index (χ0) is 17.1. The number of aromatic nitrogens is 3. The van der Waals surface area contributed by atoms with E-state index in [1.54, 1.807) is 34.8 Å². The second-order valence-electron chi connectivity index (χ2n) is 6.74. The molecule has 0 N–H and O–H groups in total. The Bertz CT molecular complexity index is 816. The van der Waals surface area contributed by atoms with E-state index in [0.717, 1.165) is 44.6 Å². The summed E-state index contributed by atoms with van der Waals surface area (Å²) >= 11 is 0. The number of piperidine rings is 1. The van der Waals surface area contributed by atoms with E-state index in [0.29, 0.717) is 11.5 Å². The molecule has 1 aliphatic heterocycles. The first kappa shape index (κ1) is 16.6. The molecule has 3 heterocycles. The first-order valence-electron chi connectivity index (χ1n) is 8.42. The number of hydrogen-bond donors (Lipinski definition) is 0. The number of rotatable bonds is 4. The molecular formula is C18H24N4O2. The summed E-state index contributed by atoms with van der Waals surface area (Å²) in [5, 5.41) is 0. The number of hydrogen-bond acceptors (Lipinski definition) is 4. The minimum Gasteiger partial charge on any atom is -0.318 e. The minimum atomic E-state index is 0.0228. The van der Waals surface area contributed by atoms with E-state index in [4.69, 9.17) is 0 Å². The summed E-state index contributed by atoms with van der Waals surface area (Å²) in [4.78, 5) is 30.1. The van der Waals surface area contributed by atoms with Crippen LogP contribution in [0.3, 0.4) is 0 Å². The first-order chi connectivity index (χ1) is 11.5. The fourth-order valence-corrected chi connectivity index (χ4v) is 3.30. The molecule has 1 saturated heterocycles. The van der Waals surface area contributed by atoms with Gasteiger partial charge in [-0.3, -0.25) is 19.1 Å². The van der Waals surface area contributed by atoms with Gasteiger partial charge in [-0.2, -0.15) is 0 Å². The molecule has 2 aromatic heterocycles. The Hall–Kier alpha value is -2.21. The van der Waals surface area contributed by atoms with Crippen molar-refractivity contribution in [1.29, 1.82) is 0 Å². The van der Waals surface area contributed by atoms with Crippen LogP contribution >= 0.6 is 0 Å². The molecule has 2 aromatic rings. The number of nitrogens with zero attached hydrogens (tertiary/aromatic N) is 4. The van der Waals surface area contributed by atoms with Gasteiger partial charge in [0.05, 0.1) is 6.33 Å². The minimum absolute atomic E-state index is 0.0228. The lowest BCUT2D eigenvalue weighted by atomic mass is 9.96. The van der Waals surface area contributed by atoms with Crippen LogP contribution in [0.25, 0.3) is 0 Å². The van der Waals surface area contributed by atoms with Gasteiger partial charge in [-0.05, 0) is 44.3 Å². The van der Waals surface area contributed by atoms with Gasteiger partial charge in [-0.1, -0.05) is 6.07 Å². The normalized spacial score (nSPS) is 16.4. The Balaban J connectivity index is 1.55. The Labute approximate surface area is 141 Å². The van der Waals surface area contributed by atoms with Gasteiger partial charge in [0.1, 0.15) is 0 Å². The van der Waals surface area contributed by atoms with Crippen molar-refractivity contribution in [2.24, 2.45) is 13.0 Å². The molecule has 3 rings (SSSR count). The summed E-state index contributed by atoms with van der Waals surface area (Å²) in [6.45, 7) is 5.46. The zero-order valence-electron chi connectivity index (χ0n) is 14.3. The molecule has 6 nitrogen and oxygen atoms in total. The molecular weight excluding hydrogens is 304 g/mol. The van der Waals surface area contributed by atoms with Crippen LogP contribution in [-0.2, 0) is 20.1 Å². The van der Waals surface area contributed by atoms with Crippen LogP contribution in [0.5, 0.6) is 0 Å². The lowest BCUT2D eigenvalue weighted by molar-refractivity contribution is 0.166. The molecule has 0 spiro atoms. The molecule has 0 bridgehead atoms. The monoisotopic (exact) mass is 328 g/mol. The van der Waals surface area contributed by atoms with E-state index in [1.807, 2.05) is 19.2 Å². The summed E-state index contributed by atoms with van der Waals surface area (Å²) in [5.41, 5.74) is 1.95. The highest BCUT2D eigenvalue weighted by atomic mass is 16.1. The van der Waals surface area contributed by atoms with Crippen molar-refractivity contribution >= 4 is 0 Å². The maximum Gasteiger partial charge on any atom is 0.256 e. The van der Waals surface area contributed by atoms with E-state index in [2.05, 4.69) is 9.88 Å². The van der Waals surface area contributed by atoms with E-state index in [-0.39, 0.29) is 11.1 Å². The number of aryl methyl sites for hydroxylation is 2. The maximum absolute atomic E-state index is 12.1. The van der Waals surface area contributed by atoms with Crippen LogP contribution < -0.4 is 11.1 Å². The second kappa shape index (κ2) is 7.13. The van der Waals surface area contributed by atoms with Gasteiger partial charge in [-0.15, -0.1) is 0 Å². The summed E-state index contributed by atoms with van der Waals surface area (Å²) in [5.74, 6) is 0.516. The quantitative estimate of drug-likeness (QED) is 0.845. The average Bonchev–Trinajstić information content (AvgIpc) is 2.57. The molecule has 6 heteroatoms. The molecule has 1 fully saturated rings. The Morgan fingerprint density at radius 2 is 1.96 bits per heavy atom. The van der Waals surface area contributed by atoms with Crippen LogP contribution in [0.4, 0.5) is 0 Å². The van der Waals surface area contributed by atoms with Crippen LogP contribution in [-0.4, -0.2) is 32.1 Å². The van der Waals surface area contributed by atoms with Gasteiger partial charge in [0.25, 0.3) is 5.56 Å². The summed E-state index contributed by atoms with van der Waals surface area (Å²) in [6.07, 6.45) is 7.32. The van der Waals surface area contributed by atoms with Crippen LogP contribution in [0.2, 0.25) is 0 Å². The Morgan fingerprint density at radius 1 is 1.21 bits per heavy atom. The summed E-state index contributed by atoms with van der Waals surface area (Å²) in [7, 11) is 1.78. The van der Waals surface area contributed by atoms with Gasteiger partial charge in [0, 0.05) is 44.2 Å². The third-order valence-electron chi connectivity index (χ3n) is 4.79. The Kier molecular flexibility index (Phi) is 4.94. The Morgan fingerprint density at radius 3 is 2.67 bits per heavy atom. The van der Waals surface area contributed by atoms with Crippen molar-refractivity contribution in [3.63, 3.8) is 0 Å². The largest absolute Gasteiger partial charge is 0.318 e. The van der Waals surface area contributed by atoms with E-state index >= 15 is 0 Å². The molecule has 0 amide bonds. The van der Waals surface area contributed by atoms with Gasteiger partial charge >= 0.3 is 0 Å². The first-order valence-corrected chi connectivity index (χ1v) is 8.42.